The molecule has 33 heavy (non-hydrogen) atoms. The number of nitrogens with zero attached hydrogens (tertiary/aromatic N) is 6. The summed E-state index contributed by atoms with van der Waals surface area (Å²) in [5.41, 5.74) is 2.96. The smallest absolute Gasteiger partial charge is 0.261 e. The Morgan fingerprint density at radius 1 is 1.30 bits per heavy atom. The second kappa shape index (κ2) is 7.49. The number of aromatic nitrogens is 6. The van der Waals surface area contributed by atoms with E-state index in [1.54, 1.807) is 27.7 Å². The van der Waals surface area contributed by atoms with E-state index in [4.69, 9.17) is 0 Å². The topological polar surface area (TPSA) is 113 Å². The van der Waals surface area contributed by atoms with Crippen LogP contribution in [-0.4, -0.2) is 59.3 Å². The SMILES string of the molecule is C[C@@H]1CCCN1CC(=O)Nc1cnc2c(c1)[nH]c(=O)c1c2nn2cc(-c3cnn(C)c3)sc12. The maximum absolute atomic E-state index is 13.0. The van der Waals surface area contributed by atoms with Crippen molar-refractivity contribution in [3.05, 3.63) is 41.2 Å². The van der Waals surface area contributed by atoms with E-state index in [1.165, 1.54) is 11.3 Å². The fraction of sp³-hybridized carbons (Fsp3) is 0.318. The minimum absolute atomic E-state index is 0.0845. The van der Waals surface area contributed by atoms with Crippen LogP contribution in [0, 0.1) is 0 Å². The molecule has 0 saturated carbocycles. The zero-order valence-electron chi connectivity index (χ0n) is 18.2. The minimum atomic E-state index is -0.233. The Labute approximate surface area is 191 Å². The number of thiazole rings is 1. The van der Waals surface area contributed by atoms with Crippen molar-refractivity contribution in [2.75, 3.05) is 18.4 Å². The lowest BCUT2D eigenvalue weighted by Gasteiger charge is -2.20. The van der Waals surface area contributed by atoms with Gasteiger partial charge in [-0.1, -0.05) is 0 Å². The van der Waals surface area contributed by atoms with E-state index in [0.717, 1.165) is 34.7 Å². The highest BCUT2D eigenvalue weighted by Crippen LogP contribution is 2.33. The molecule has 5 aromatic heterocycles. The van der Waals surface area contributed by atoms with Gasteiger partial charge >= 0.3 is 0 Å². The molecule has 168 valence electrons. The summed E-state index contributed by atoms with van der Waals surface area (Å²) in [5.74, 6) is -0.0845. The van der Waals surface area contributed by atoms with Crippen LogP contribution in [0.25, 0.3) is 37.2 Å². The Kier molecular flexibility index (Phi) is 4.56. The molecule has 1 amide bonds. The Bertz CT molecular complexity index is 1590. The van der Waals surface area contributed by atoms with E-state index in [0.29, 0.717) is 40.2 Å². The lowest BCUT2D eigenvalue weighted by Crippen LogP contribution is -2.35. The molecule has 0 radical (unpaired) electrons. The molecule has 0 aromatic carbocycles. The van der Waals surface area contributed by atoms with Crippen molar-refractivity contribution in [3.8, 4) is 10.4 Å². The third-order valence-corrected chi connectivity index (χ3v) is 7.36. The molecule has 0 bridgehead atoms. The van der Waals surface area contributed by atoms with Gasteiger partial charge in [0.05, 0.1) is 35.0 Å². The van der Waals surface area contributed by atoms with Crippen LogP contribution >= 0.6 is 11.3 Å². The second-order valence-corrected chi connectivity index (χ2v) is 9.59. The van der Waals surface area contributed by atoms with Gasteiger partial charge in [0.1, 0.15) is 21.3 Å². The molecule has 6 rings (SSSR count). The molecule has 2 N–H and O–H groups in total. The lowest BCUT2D eigenvalue weighted by atomic mass is 10.2. The maximum Gasteiger partial charge on any atom is 0.261 e. The molecule has 10 nitrogen and oxygen atoms in total. The van der Waals surface area contributed by atoms with E-state index in [9.17, 15) is 9.59 Å². The number of hydrogen-bond donors (Lipinski definition) is 2. The highest BCUT2D eigenvalue weighted by atomic mass is 32.1. The minimum Gasteiger partial charge on any atom is -0.324 e. The fourth-order valence-electron chi connectivity index (χ4n) is 4.51. The van der Waals surface area contributed by atoms with Gasteiger partial charge in [0, 0.05) is 31.0 Å². The molecule has 1 atom stereocenters. The summed E-state index contributed by atoms with van der Waals surface area (Å²) in [5, 5.41) is 12.3. The molecule has 0 unspecified atom stereocenters. The average Bonchev–Trinajstić information content (AvgIpc) is 3.53. The van der Waals surface area contributed by atoms with E-state index in [-0.39, 0.29) is 11.5 Å². The second-order valence-electron chi connectivity index (χ2n) is 8.56. The molecule has 1 saturated heterocycles. The molecule has 0 aliphatic carbocycles. The van der Waals surface area contributed by atoms with Gasteiger partial charge in [0.2, 0.25) is 5.91 Å². The van der Waals surface area contributed by atoms with Gasteiger partial charge in [0.15, 0.2) is 0 Å². The first-order valence-corrected chi connectivity index (χ1v) is 11.6. The monoisotopic (exact) mass is 462 g/mol. The van der Waals surface area contributed by atoms with Crippen LogP contribution in [0.2, 0.25) is 0 Å². The molecule has 11 heteroatoms. The Hall–Kier alpha value is -3.57. The average molecular weight is 463 g/mol. The van der Waals surface area contributed by atoms with Crippen LogP contribution in [0.5, 0.6) is 0 Å². The van der Waals surface area contributed by atoms with Gasteiger partial charge in [0.25, 0.3) is 5.56 Å². The van der Waals surface area contributed by atoms with Crippen molar-refractivity contribution >= 4 is 49.7 Å². The molecule has 0 spiro atoms. The number of H-pyrrole nitrogens is 1. The first-order valence-electron chi connectivity index (χ1n) is 10.8. The van der Waals surface area contributed by atoms with Crippen LogP contribution in [0.1, 0.15) is 19.8 Å². The number of fused-ring (bicyclic) bond motifs is 5. The standard InChI is InChI=1S/C22H22N8O2S/c1-12-4-3-5-29(12)11-17(31)25-14-6-15-19(23-8-14)20-18(21(32)26-15)22-30(27-20)10-16(33-22)13-7-24-28(2)9-13/h6-10,12H,3-5,11H2,1-2H3,(H,25,31)(H,26,32)/t12-/m1/s1. The Morgan fingerprint density at radius 2 is 2.18 bits per heavy atom. The first kappa shape index (κ1) is 20.1. The fourth-order valence-corrected chi connectivity index (χ4v) is 5.58. The predicted molar refractivity (Wildman–Crippen MR) is 128 cm³/mol. The molecular weight excluding hydrogens is 440 g/mol. The predicted octanol–water partition coefficient (Wildman–Crippen LogP) is 2.61. The lowest BCUT2D eigenvalue weighted by molar-refractivity contribution is -0.117. The van der Waals surface area contributed by atoms with Crippen molar-refractivity contribution in [3.63, 3.8) is 0 Å². The molecule has 1 fully saturated rings. The quantitative estimate of drug-likeness (QED) is 0.425. The summed E-state index contributed by atoms with van der Waals surface area (Å²) in [7, 11) is 1.86. The van der Waals surface area contributed by atoms with E-state index in [2.05, 4.69) is 37.3 Å². The summed E-state index contributed by atoms with van der Waals surface area (Å²) in [6.07, 6.45) is 9.46. The van der Waals surface area contributed by atoms with Crippen molar-refractivity contribution in [2.24, 2.45) is 7.05 Å². The summed E-state index contributed by atoms with van der Waals surface area (Å²) in [4.78, 5) is 36.8. The van der Waals surface area contributed by atoms with E-state index in [1.807, 2.05) is 19.4 Å². The van der Waals surface area contributed by atoms with Gasteiger partial charge in [-0.2, -0.15) is 10.2 Å². The number of carbonyl (C=O) groups excluding carboxylic acids is 1. The number of likely N-dealkylation sites (tertiary alicyclic amines) is 1. The number of amides is 1. The molecular formula is C22H22N8O2S. The number of aromatic amines is 1. The van der Waals surface area contributed by atoms with Crippen molar-refractivity contribution in [2.45, 2.75) is 25.8 Å². The highest BCUT2D eigenvalue weighted by molar-refractivity contribution is 7.21. The normalized spacial score (nSPS) is 17.0. The number of hydrogen-bond acceptors (Lipinski definition) is 7. The zero-order chi connectivity index (χ0) is 22.7. The van der Waals surface area contributed by atoms with Crippen LogP contribution in [0.3, 0.4) is 0 Å². The largest absolute Gasteiger partial charge is 0.324 e. The van der Waals surface area contributed by atoms with Crippen molar-refractivity contribution in [1.29, 1.82) is 0 Å². The third-order valence-electron chi connectivity index (χ3n) is 6.21. The van der Waals surface area contributed by atoms with Crippen LogP contribution < -0.4 is 10.9 Å². The summed E-state index contributed by atoms with van der Waals surface area (Å²) >= 11 is 1.49. The number of anilines is 1. The Balaban J connectivity index is 1.35. The maximum atomic E-state index is 13.0. The van der Waals surface area contributed by atoms with Gasteiger partial charge in [-0.3, -0.25) is 24.2 Å². The molecule has 1 aliphatic rings. The molecule has 5 aromatic rings. The number of pyridine rings is 2. The van der Waals surface area contributed by atoms with Crippen molar-refractivity contribution < 1.29 is 4.79 Å². The van der Waals surface area contributed by atoms with Crippen LogP contribution in [-0.2, 0) is 11.8 Å². The van der Waals surface area contributed by atoms with Gasteiger partial charge in [-0.05, 0) is 32.4 Å². The van der Waals surface area contributed by atoms with Crippen LogP contribution in [0.4, 0.5) is 5.69 Å². The summed E-state index contributed by atoms with van der Waals surface area (Å²) in [6, 6.07) is 2.16. The summed E-state index contributed by atoms with van der Waals surface area (Å²) < 4.78 is 3.46. The van der Waals surface area contributed by atoms with E-state index < -0.39 is 0 Å². The number of nitrogens with one attached hydrogen (secondary N) is 2. The number of aryl methyl sites for hydroxylation is 1. The number of carbonyl (C=O) groups is 1. The van der Waals surface area contributed by atoms with E-state index >= 15 is 0 Å². The highest BCUT2D eigenvalue weighted by Gasteiger charge is 2.23. The van der Waals surface area contributed by atoms with Gasteiger partial charge < -0.3 is 10.3 Å². The van der Waals surface area contributed by atoms with Crippen molar-refractivity contribution in [1.82, 2.24) is 34.3 Å². The molecule has 6 heterocycles. The first-order chi connectivity index (χ1) is 16.0. The summed E-state index contributed by atoms with van der Waals surface area (Å²) in [6.45, 7) is 3.43. The Morgan fingerprint density at radius 3 is 2.94 bits per heavy atom. The van der Waals surface area contributed by atoms with Gasteiger partial charge in [-0.25, -0.2) is 4.52 Å². The van der Waals surface area contributed by atoms with Gasteiger partial charge in [-0.15, -0.1) is 11.3 Å². The third kappa shape index (κ3) is 3.40. The zero-order valence-corrected chi connectivity index (χ0v) is 19.0. The van der Waals surface area contributed by atoms with Crippen LogP contribution in [0.15, 0.2) is 35.6 Å². The number of rotatable bonds is 4. The molecule has 1 aliphatic heterocycles.